The first-order chi connectivity index (χ1) is 14.8. The molecule has 3 aromatic rings. The van der Waals surface area contributed by atoms with Crippen LogP contribution in [0.3, 0.4) is 0 Å². The minimum absolute atomic E-state index is 0.0144. The first-order valence-electron chi connectivity index (χ1n) is 9.23. The van der Waals surface area contributed by atoms with Gasteiger partial charge in [-0.25, -0.2) is 12.7 Å². The van der Waals surface area contributed by atoms with Crippen molar-refractivity contribution in [1.29, 1.82) is 0 Å². The van der Waals surface area contributed by atoms with Gasteiger partial charge in [0.25, 0.3) is 0 Å². The number of anilines is 1. The Hall–Kier alpha value is -2.89. The number of hydrogen-bond acceptors (Lipinski definition) is 8. The van der Waals surface area contributed by atoms with Crippen molar-refractivity contribution in [2.24, 2.45) is 0 Å². The summed E-state index contributed by atoms with van der Waals surface area (Å²) in [5.41, 5.74) is 0.542. The number of thioether (sulfide) groups is 1. The lowest BCUT2D eigenvalue weighted by molar-refractivity contribution is -0.115. The van der Waals surface area contributed by atoms with E-state index >= 15 is 0 Å². The van der Waals surface area contributed by atoms with Crippen LogP contribution in [0, 0.1) is 0 Å². The largest absolute Gasteiger partial charge is 0.497 e. The molecule has 0 bridgehead atoms. The van der Waals surface area contributed by atoms with Crippen LogP contribution in [0.1, 0.15) is 6.42 Å². The highest BCUT2D eigenvalue weighted by Gasteiger charge is 2.18. The lowest BCUT2D eigenvalue weighted by Crippen LogP contribution is -2.22. The molecule has 0 unspecified atom stereocenters. The highest BCUT2D eigenvalue weighted by atomic mass is 32.2. The van der Waals surface area contributed by atoms with Gasteiger partial charge < -0.3 is 9.15 Å². The van der Waals surface area contributed by atoms with Gasteiger partial charge in [-0.05, 0) is 48.5 Å². The molecule has 0 spiro atoms. The van der Waals surface area contributed by atoms with Gasteiger partial charge in [-0.3, -0.25) is 10.1 Å². The zero-order valence-corrected chi connectivity index (χ0v) is 18.9. The van der Waals surface area contributed by atoms with Crippen LogP contribution < -0.4 is 10.1 Å². The van der Waals surface area contributed by atoms with Crippen molar-refractivity contribution in [3.05, 3.63) is 48.5 Å². The van der Waals surface area contributed by atoms with Crippen molar-refractivity contribution >= 4 is 33.7 Å². The fraction of sp³-hybridized carbons (Fsp3) is 0.250. The minimum Gasteiger partial charge on any atom is -0.497 e. The Labute approximate surface area is 184 Å². The fourth-order valence-corrected chi connectivity index (χ4v) is 4.24. The van der Waals surface area contributed by atoms with Crippen molar-refractivity contribution < 1.29 is 22.4 Å². The third kappa shape index (κ3) is 5.84. The summed E-state index contributed by atoms with van der Waals surface area (Å²) in [6.07, 6.45) is 0.269. The molecule has 1 N–H and O–H groups in total. The maximum absolute atomic E-state index is 12.1. The summed E-state index contributed by atoms with van der Waals surface area (Å²) in [7, 11) is 1.02. The van der Waals surface area contributed by atoms with Crippen LogP contribution in [0.4, 0.5) is 6.01 Å². The maximum atomic E-state index is 12.1. The van der Waals surface area contributed by atoms with Crippen LogP contribution >= 0.6 is 11.8 Å². The Kier molecular flexibility index (Phi) is 7.31. The van der Waals surface area contributed by atoms with Crippen LogP contribution in [-0.2, 0) is 14.8 Å². The van der Waals surface area contributed by atoms with E-state index in [1.165, 1.54) is 26.2 Å². The topological polar surface area (TPSA) is 115 Å². The molecule has 0 fully saturated rings. The average molecular weight is 463 g/mol. The van der Waals surface area contributed by atoms with E-state index in [4.69, 9.17) is 9.15 Å². The number of rotatable bonds is 9. The van der Waals surface area contributed by atoms with Gasteiger partial charge in [0, 0.05) is 36.7 Å². The summed E-state index contributed by atoms with van der Waals surface area (Å²) in [5, 5.41) is 10.3. The summed E-state index contributed by atoms with van der Waals surface area (Å²) >= 11 is 1.55. The maximum Gasteiger partial charge on any atom is 0.322 e. The second-order valence-corrected chi connectivity index (χ2v) is 9.87. The highest BCUT2D eigenvalue weighted by Crippen LogP contribution is 2.24. The van der Waals surface area contributed by atoms with E-state index in [0.717, 1.165) is 15.0 Å². The monoisotopic (exact) mass is 462 g/mol. The number of carbonyl (C=O) groups excluding carboxylic acids is 1. The second kappa shape index (κ2) is 9.94. The standard InChI is InChI=1S/C20H22N4O5S2/c1-24(2)31(26,27)17-10-4-14(5-11-17)19-22-23-20(29-19)21-18(25)12-13-30-16-8-6-15(28-3)7-9-16/h4-11H,12-13H2,1-3H3,(H,21,23,25). The van der Waals surface area contributed by atoms with Gasteiger partial charge in [0.15, 0.2) is 0 Å². The molecule has 1 aromatic heterocycles. The van der Waals surface area contributed by atoms with E-state index in [9.17, 15) is 13.2 Å². The molecule has 9 nitrogen and oxygen atoms in total. The summed E-state index contributed by atoms with van der Waals surface area (Å²) in [6.45, 7) is 0. The van der Waals surface area contributed by atoms with Crippen LogP contribution in [0.2, 0.25) is 0 Å². The van der Waals surface area contributed by atoms with E-state index < -0.39 is 10.0 Å². The molecule has 0 saturated carbocycles. The number of aromatic nitrogens is 2. The molecule has 0 atom stereocenters. The van der Waals surface area contributed by atoms with Gasteiger partial charge in [-0.1, -0.05) is 5.10 Å². The number of ether oxygens (including phenoxy) is 1. The zero-order chi connectivity index (χ0) is 22.4. The molecular formula is C20H22N4O5S2. The predicted octanol–water partition coefficient (Wildman–Crippen LogP) is 3.12. The number of methoxy groups -OCH3 is 1. The molecule has 0 aliphatic heterocycles. The molecule has 0 aliphatic rings. The van der Waals surface area contributed by atoms with Gasteiger partial charge in [0.1, 0.15) is 5.75 Å². The van der Waals surface area contributed by atoms with Crippen LogP contribution in [0.15, 0.2) is 62.7 Å². The smallest absolute Gasteiger partial charge is 0.322 e. The van der Waals surface area contributed by atoms with E-state index in [2.05, 4.69) is 15.5 Å². The number of sulfonamides is 1. The van der Waals surface area contributed by atoms with Gasteiger partial charge in [0.2, 0.25) is 21.8 Å². The van der Waals surface area contributed by atoms with Crippen molar-refractivity contribution in [3.63, 3.8) is 0 Å². The van der Waals surface area contributed by atoms with Crippen LogP contribution in [0.25, 0.3) is 11.5 Å². The third-order valence-corrected chi connectivity index (χ3v) is 7.05. The van der Waals surface area contributed by atoms with Crippen molar-refractivity contribution in [2.75, 3.05) is 32.3 Å². The van der Waals surface area contributed by atoms with Gasteiger partial charge in [-0.2, -0.15) is 0 Å². The number of hydrogen-bond donors (Lipinski definition) is 1. The van der Waals surface area contributed by atoms with Gasteiger partial charge in [0.05, 0.1) is 12.0 Å². The van der Waals surface area contributed by atoms with E-state index in [-0.39, 0.29) is 29.1 Å². The fourth-order valence-electron chi connectivity index (χ4n) is 2.49. The lowest BCUT2D eigenvalue weighted by Gasteiger charge is -2.11. The number of amides is 1. The predicted molar refractivity (Wildman–Crippen MR) is 118 cm³/mol. The van der Waals surface area contributed by atoms with Gasteiger partial charge >= 0.3 is 6.01 Å². The average Bonchev–Trinajstić information content (AvgIpc) is 3.22. The lowest BCUT2D eigenvalue weighted by atomic mass is 10.2. The number of nitrogens with one attached hydrogen (secondary N) is 1. The molecule has 3 rings (SSSR count). The number of nitrogens with zero attached hydrogens (tertiary/aromatic N) is 3. The normalized spacial score (nSPS) is 11.5. The molecule has 31 heavy (non-hydrogen) atoms. The van der Waals surface area contributed by atoms with Crippen LogP contribution in [0.5, 0.6) is 5.75 Å². The van der Waals surface area contributed by atoms with Crippen LogP contribution in [-0.4, -0.2) is 55.8 Å². The SMILES string of the molecule is COc1ccc(SCCC(=O)Nc2nnc(-c3ccc(S(=O)(=O)N(C)C)cc3)o2)cc1. The van der Waals surface area contributed by atoms with E-state index in [0.29, 0.717) is 11.3 Å². The highest BCUT2D eigenvalue weighted by molar-refractivity contribution is 7.99. The first kappa shape index (κ1) is 22.8. The molecule has 2 aromatic carbocycles. The third-order valence-electron chi connectivity index (χ3n) is 4.21. The Bertz CT molecular complexity index is 1130. The summed E-state index contributed by atoms with van der Waals surface area (Å²) < 4.78 is 36.0. The molecule has 0 radical (unpaired) electrons. The molecule has 0 aliphatic carbocycles. The van der Waals surface area contributed by atoms with E-state index in [1.54, 1.807) is 31.0 Å². The zero-order valence-electron chi connectivity index (χ0n) is 17.2. The summed E-state index contributed by atoms with van der Waals surface area (Å²) in [5.74, 6) is 1.30. The Morgan fingerprint density at radius 3 is 2.39 bits per heavy atom. The second-order valence-electron chi connectivity index (χ2n) is 6.55. The molecule has 1 heterocycles. The molecule has 11 heteroatoms. The molecule has 164 valence electrons. The first-order valence-corrected chi connectivity index (χ1v) is 11.7. The summed E-state index contributed by atoms with van der Waals surface area (Å²) in [6, 6.07) is 13.6. The summed E-state index contributed by atoms with van der Waals surface area (Å²) in [4.78, 5) is 13.3. The number of carbonyl (C=O) groups is 1. The minimum atomic E-state index is -3.52. The van der Waals surface area contributed by atoms with Crippen molar-refractivity contribution in [3.8, 4) is 17.2 Å². The molecular weight excluding hydrogens is 440 g/mol. The van der Waals surface area contributed by atoms with Crippen molar-refractivity contribution in [1.82, 2.24) is 14.5 Å². The Balaban J connectivity index is 1.53. The molecule has 1 amide bonds. The number of benzene rings is 2. The van der Waals surface area contributed by atoms with Crippen molar-refractivity contribution in [2.45, 2.75) is 16.2 Å². The quantitative estimate of drug-likeness (QED) is 0.483. The Morgan fingerprint density at radius 2 is 1.77 bits per heavy atom. The van der Waals surface area contributed by atoms with Gasteiger partial charge in [-0.15, -0.1) is 16.9 Å². The molecule has 0 saturated heterocycles. The Morgan fingerprint density at radius 1 is 1.10 bits per heavy atom. The van der Waals surface area contributed by atoms with E-state index in [1.807, 2.05) is 24.3 Å².